The molecule has 1 saturated heterocycles. The molecule has 0 aliphatic carbocycles. The van der Waals surface area contributed by atoms with E-state index in [2.05, 4.69) is 47.6 Å². The number of hydrogen-bond acceptors (Lipinski definition) is 7. The Bertz CT molecular complexity index is 996. The molecule has 8 nitrogen and oxygen atoms in total. The van der Waals surface area contributed by atoms with Crippen LogP contribution in [0.4, 0.5) is 5.95 Å². The third-order valence-corrected chi connectivity index (χ3v) is 5.46. The molecule has 1 aliphatic rings. The topological polar surface area (TPSA) is 85.6 Å². The van der Waals surface area contributed by atoms with E-state index in [4.69, 9.17) is 14.5 Å². The van der Waals surface area contributed by atoms with Crippen LogP contribution < -0.4 is 20.1 Å². The van der Waals surface area contributed by atoms with Crippen molar-refractivity contribution in [2.45, 2.75) is 51.7 Å². The number of nitrogens with one attached hydrogen (secondary N) is 2. The van der Waals surface area contributed by atoms with E-state index in [0.717, 1.165) is 48.5 Å². The molecule has 0 radical (unpaired) electrons. The van der Waals surface area contributed by atoms with Crippen molar-refractivity contribution in [1.29, 1.82) is 0 Å². The standard InChI is InChI=1S/C22H30N6O2/c1-14(2)19-13-24-28-20(19)26-22(30-18-9-6-10-23-12-18)27-21(28)25-15(3)16-7-5-8-17(11-16)29-4/h5,7-8,11,13-15,18,23H,6,9-10,12H2,1-4H3,(H,25,26,27)/t15-,18?/m0/s1. The maximum absolute atomic E-state index is 6.15. The minimum Gasteiger partial charge on any atom is -0.497 e. The maximum atomic E-state index is 6.15. The van der Waals surface area contributed by atoms with Crippen molar-refractivity contribution >= 4 is 11.6 Å². The van der Waals surface area contributed by atoms with E-state index >= 15 is 0 Å². The van der Waals surface area contributed by atoms with Gasteiger partial charge in [-0.05, 0) is 49.9 Å². The predicted octanol–water partition coefficient (Wildman–Crippen LogP) is 3.56. The van der Waals surface area contributed by atoms with Crippen molar-refractivity contribution in [1.82, 2.24) is 24.9 Å². The summed E-state index contributed by atoms with van der Waals surface area (Å²) in [4.78, 5) is 9.37. The van der Waals surface area contributed by atoms with Gasteiger partial charge in [-0.2, -0.15) is 19.6 Å². The zero-order chi connectivity index (χ0) is 21.1. The summed E-state index contributed by atoms with van der Waals surface area (Å²) < 4.78 is 13.3. The molecule has 3 aromatic rings. The molecule has 1 unspecified atom stereocenters. The normalized spacial score (nSPS) is 17.8. The Kier molecular flexibility index (Phi) is 6.03. The molecular weight excluding hydrogens is 380 g/mol. The van der Waals surface area contributed by atoms with Crippen LogP contribution in [0.1, 0.15) is 56.7 Å². The van der Waals surface area contributed by atoms with Crippen molar-refractivity contribution in [2.75, 3.05) is 25.5 Å². The van der Waals surface area contributed by atoms with Crippen LogP contribution in [0.15, 0.2) is 30.5 Å². The molecule has 1 aliphatic heterocycles. The average Bonchev–Trinajstić information content (AvgIpc) is 3.19. The first kappa shape index (κ1) is 20.4. The van der Waals surface area contributed by atoms with Crippen LogP contribution in [0.25, 0.3) is 5.65 Å². The lowest BCUT2D eigenvalue weighted by atomic mass is 10.1. The highest BCUT2D eigenvalue weighted by Gasteiger charge is 2.21. The highest BCUT2D eigenvalue weighted by Crippen LogP contribution is 2.26. The van der Waals surface area contributed by atoms with E-state index in [0.29, 0.717) is 17.9 Å². The molecule has 160 valence electrons. The summed E-state index contributed by atoms with van der Waals surface area (Å²) in [6.07, 6.45) is 4.03. The Morgan fingerprint density at radius 1 is 1.23 bits per heavy atom. The molecule has 2 atom stereocenters. The lowest BCUT2D eigenvalue weighted by Gasteiger charge is -2.23. The fourth-order valence-electron chi connectivity index (χ4n) is 3.69. The van der Waals surface area contributed by atoms with Crippen molar-refractivity contribution in [3.63, 3.8) is 0 Å². The molecule has 0 saturated carbocycles. The highest BCUT2D eigenvalue weighted by molar-refractivity contribution is 5.53. The van der Waals surface area contributed by atoms with Gasteiger partial charge in [-0.15, -0.1) is 0 Å². The van der Waals surface area contributed by atoms with E-state index in [1.165, 1.54) is 0 Å². The third-order valence-electron chi connectivity index (χ3n) is 5.46. The van der Waals surface area contributed by atoms with Gasteiger partial charge in [0.25, 0.3) is 0 Å². The van der Waals surface area contributed by atoms with Gasteiger partial charge in [0.15, 0.2) is 5.65 Å². The van der Waals surface area contributed by atoms with Gasteiger partial charge in [0.05, 0.1) is 19.3 Å². The molecule has 30 heavy (non-hydrogen) atoms. The van der Waals surface area contributed by atoms with E-state index in [9.17, 15) is 0 Å². The van der Waals surface area contributed by atoms with E-state index in [-0.39, 0.29) is 12.1 Å². The minimum atomic E-state index is -0.00547. The number of ether oxygens (including phenoxy) is 2. The van der Waals surface area contributed by atoms with Crippen molar-refractivity contribution in [3.05, 3.63) is 41.6 Å². The molecule has 1 fully saturated rings. The van der Waals surface area contributed by atoms with Crippen molar-refractivity contribution in [3.8, 4) is 11.8 Å². The lowest BCUT2D eigenvalue weighted by molar-refractivity contribution is 0.153. The molecule has 0 spiro atoms. The van der Waals surface area contributed by atoms with Gasteiger partial charge >= 0.3 is 6.01 Å². The van der Waals surface area contributed by atoms with Gasteiger partial charge in [-0.1, -0.05) is 26.0 Å². The molecule has 0 amide bonds. The second-order valence-electron chi connectivity index (χ2n) is 8.05. The SMILES string of the molecule is COc1cccc([C@H](C)Nc2nc(OC3CCCNC3)nc3c(C(C)C)cnn23)c1. The van der Waals surface area contributed by atoms with E-state index in [1.54, 1.807) is 11.6 Å². The molecule has 2 N–H and O–H groups in total. The molecule has 4 rings (SSSR count). The smallest absolute Gasteiger partial charge is 0.322 e. The second-order valence-corrected chi connectivity index (χ2v) is 8.05. The first-order valence-corrected chi connectivity index (χ1v) is 10.6. The third kappa shape index (κ3) is 4.33. The monoisotopic (exact) mass is 410 g/mol. The molecule has 3 heterocycles. The van der Waals surface area contributed by atoms with Crippen LogP contribution in [-0.4, -0.2) is 45.9 Å². The zero-order valence-corrected chi connectivity index (χ0v) is 18.1. The summed E-state index contributed by atoms with van der Waals surface area (Å²) in [6, 6.07) is 8.38. The van der Waals surface area contributed by atoms with Gasteiger partial charge in [0, 0.05) is 12.1 Å². The Balaban J connectivity index is 1.67. The van der Waals surface area contributed by atoms with Gasteiger partial charge < -0.3 is 20.1 Å². The summed E-state index contributed by atoms with van der Waals surface area (Å²) in [6.45, 7) is 8.20. The Morgan fingerprint density at radius 3 is 2.83 bits per heavy atom. The zero-order valence-electron chi connectivity index (χ0n) is 18.1. The molecule has 0 bridgehead atoms. The fraction of sp³-hybridized carbons (Fsp3) is 0.500. The number of hydrogen-bond donors (Lipinski definition) is 2. The number of fused-ring (bicyclic) bond motifs is 1. The molecule has 8 heteroatoms. The first-order chi connectivity index (χ1) is 14.5. The van der Waals surface area contributed by atoms with E-state index < -0.39 is 0 Å². The Labute approximate surface area is 177 Å². The van der Waals surface area contributed by atoms with Gasteiger partial charge in [0.2, 0.25) is 5.95 Å². The summed E-state index contributed by atoms with van der Waals surface area (Å²) in [5, 5.41) is 11.4. The number of aromatic nitrogens is 4. The maximum Gasteiger partial charge on any atom is 0.322 e. The Hall–Kier alpha value is -2.87. The summed E-state index contributed by atoms with van der Waals surface area (Å²) in [5.74, 6) is 1.73. The summed E-state index contributed by atoms with van der Waals surface area (Å²) in [5.41, 5.74) is 2.94. The number of piperidine rings is 1. The first-order valence-electron chi connectivity index (χ1n) is 10.6. The minimum absolute atomic E-state index is 0.00547. The lowest BCUT2D eigenvalue weighted by Crippen LogP contribution is -2.37. The van der Waals surface area contributed by atoms with Crippen LogP contribution >= 0.6 is 0 Å². The predicted molar refractivity (Wildman–Crippen MR) is 116 cm³/mol. The van der Waals surface area contributed by atoms with Crippen molar-refractivity contribution < 1.29 is 9.47 Å². The van der Waals surface area contributed by atoms with E-state index in [1.807, 2.05) is 24.4 Å². The van der Waals surface area contributed by atoms with Crippen LogP contribution in [-0.2, 0) is 0 Å². The van der Waals surface area contributed by atoms with Gasteiger partial charge in [-0.3, -0.25) is 0 Å². The molecular formula is C22H30N6O2. The average molecular weight is 411 g/mol. The van der Waals surface area contributed by atoms with Crippen LogP contribution in [0.3, 0.4) is 0 Å². The highest BCUT2D eigenvalue weighted by atomic mass is 16.5. The van der Waals surface area contributed by atoms with Crippen LogP contribution in [0.2, 0.25) is 0 Å². The van der Waals surface area contributed by atoms with Gasteiger partial charge in [-0.25, -0.2) is 0 Å². The van der Waals surface area contributed by atoms with Gasteiger partial charge in [0.1, 0.15) is 11.9 Å². The summed E-state index contributed by atoms with van der Waals surface area (Å²) >= 11 is 0. The number of rotatable bonds is 7. The fourth-order valence-corrected chi connectivity index (χ4v) is 3.69. The summed E-state index contributed by atoms with van der Waals surface area (Å²) in [7, 11) is 1.67. The van der Waals surface area contributed by atoms with Crippen LogP contribution in [0.5, 0.6) is 11.8 Å². The number of benzene rings is 1. The number of nitrogens with zero attached hydrogens (tertiary/aromatic N) is 4. The number of anilines is 1. The second kappa shape index (κ2) is 8.87. The van der Waals surface area contributed by atoms with Crippen molar-refractivity contribution in [2.24, 2.45) is 0 Å². The number of methoxy groups -OCH3 is 1. The molecule has 1 aromatic carbocycles. The largest absolute Gasteiger partial charge is 0.497 e. The van der Waals surface area contributed by atoms with Crippen LogP contribution in [0, 0.1) is 0 Å². The quantitative estimate of drug-likeness (QED) is 0.616. The molecule has 2 aromatic heterocycles. The Morgan fingerprint density at radius 2 is 2.10 bits per heavy atom.